The summed E-state index contributed by atoms with van der Waals surface area (Å²) in [5, 5.41) is 11.8. The Labute approximate surface area is 162 Å². The Morgan fingerprint density at radius 2 is 2.08 bits per heavy atom. The van der Waals surface area contributed by atoms with Gasteiger partial charge in [0.15, 0.2) is 0 Å². The highest BCUT2D eigenvalue weighted by Crippen LogP contribution is 2.44. The molecular weight excluding hydrogens is 368 g/mol. The van der Waals surface area contributed by atoms with Gasteiger partial charge < -0.3 is 0 Å². The van der Waals surface area contributed by atoms with E-state index in [1.165, 1.54) is 6.07 Å². The number of hydrogen-bond acceptors (Lipinski definition) is 4. The van der Waals surface area contributed by atoms with E-state index in [2.05, 4.69) is 13.2 Å². The number of nitro benzene ring substituents is 1. The number of rotatable bonds is 9. The highest BCUT2D eigenvalue weighted by molar-refractivity contribution is 8.00. The Morgan fingerprint density at radius 3 is 2.54 bits per heavy atom. The summed E-state index contributed by atoms with van der Waals surface area (Å²) in [5.41, 5.74) is 0.817. The Morgan fingerprint density at radius 1 is 1.42 bits per heavy atom. The Hall–Kier alpha value is -1.44. The molecule has 0 N–H and O–H groups in total. The third kappa shape index (κ3) is 5.05. The molecule has 1 aromatic rings. The first-order chi connectivity index (χ1) is 12.2. The lowest BCUT2D eigenvalue weighted by atomic mass is 10.1. The van der Waals surface area contributed by atoms with Crippen molar-refractivity contribution in [2.45, 2.75) is 54.5 Å². The van der Waals surface area contributed by atoms with Crippen molar-refractivity contribution >= 4 is 28.4 Å². The molecule has 1 fully saturated rings. The molecule has 1 saturated carbocycles. The third-order valence-electron chi connectivity index (χ3n) is 3.92. The maximum absolute atomic E-state index is 13.1. The summed E-state index contributed by atoms with van der Waals surface area (Å²) in [4.78, 5) is 11.9. The maximum Gasteiger partial charge on any atom is 0.269 e. The van der Waals surface area contributed by atoms with E-state index in [9.17, 15) is 14.3 Å². The average molecular weight is 395 g/mol. The van der Waals surface area contributed by atoms with Crippen LogP contribution in [0.15, 0.2) is 48.4 Å². The smallest absolute Gasteiger partial charge is 0.258 e. The van der Waals surface area contributed by atoms with Gasteiger partial charge in [-0.05, 0) is 45.2 Å². The quantitative estimate of drug-likeness (QED) is 0.335. The number of benzene rings is 1. The largest absolute Gasteiger partial charge is 0.269 e. The van der Waals surface area contributed by atoms with E-state index >= 15 is 0 Å². The molecule has 2 rings (SSSR count). The van der Waals surface area contributed by atoms with Gasteiger partial charge in [0.2, 0.25) is 0 Å². The zero-order valence-corrected chi connectivity index (χ0v) is 17.1. The molecule has 0 heterocycles. The molecule has 26 heavy (non-hydrogen) atoms. The van der Waals surface area contributed by atoms with Crippen LogP contribution in [0.2, 0.25) is 0 Å². The van der Waals surface area contributed by atoms with Gasteiger partial charge in [-0.25, -0.2) is 8.51 Å². The molecule has 0 aromatic heterocycles. The van der Waals surface area contributed by atoms with E-state index in [-0.39, 0.29) is 5.69 Å². The molecular formula is C19H26N2O3S2. The van der Waals surface area contributed by atoms with E-state index < -0.39 is 26.7 Å². The molecule has 0 amide bonds. The second-order valence-electron chi connectivity index (χ2n) is 7.23. The first-order valence-corrected chi connectivity index (χ1v) is 10.5. The standard InChI is InChI=1S/C19H26N2O3S2/c1-6-12-20(26(24)19(3,4)5)17(7-2)16-13-14(21(22)23)8-11-18(16)25-15-9-10-15/h6-8,11,13,15,17H,1-2,9-10,12H2,3-5H3/t17-,26?/m0/s1. The van der Waals surface area contributed by atoms with E-state index in [1.54, 1.807) is 40.4 Å². The first kappa shape index (κ1) is 20.9. The second-order valence-corrected chi connectivity index (χ2v) is 10.8. The molecule has 142 valence electrons. The predicted molar refractivity (Wildman–Crippen MR) is 110 cm³/mol. The van der Waals surface area contributed by atoms with Crippen molar-refractivity contribution < 1.29 is 9.13 Å². The topological polar surface area (TPSA) is 63.4 Å². The molecule has 0 spiro atoms. The Kier molecular flexibility index (Phi) is 6.82. The van der Waals surface area contributed by atoms with Crippen LogP contribution in [0.4, 0.5) is 5.69 Å². The zero-order valence-electron chi connectivity index (χ0n) is 15.5. The second kappa shape index (κ2) is 8.50. The number of nitro groups is 1. The molecule has 2 atom stereocenters. The summed E-state index contributed by atoms with van der Waals surface area (Å²) in [5.74, 6) is 0. The van der Waals surface area contributed by atoms with Gasteiger partial charge in [0.05, 0.1) is 15.7 Å². The molecule has 1 unspecified atom stereocenters. The van der Waals surface area contributed by atoms with Gasteiger partial charge >= 0.3 is 0 Å². The minimum Gasteiger partial charge on any atom is -0.258 e. The van der Waals surface area contributed by atoms with Gasteiger partial charge in [-0.15, -0.1) is 24.9 Å². The van der Waals surface area contributed by atoms with Crippen LogP contribution >= 0.6 is 11.8 Å². The summed E-state index contributed by atoms with van der Waals surface area (Å²) < 4.78 is 14.4. The van der Waals surface area contributed by atoms with Crippen LogP contribution in [-0.4, -0.2) is 30.0 Å². The molecule has 7 heteroatoms. The van der Waals surface area contributed by atoms with Gasteiger partial charge in [-0.1, -0.05) is 12.2 Å². The number of non-ortho nitro benzene ring substituents is 1. The fraction of sp³-hybridized carbons (Fsp3) is 0.474. The van der Waals surface area contributed by atoms with E-state index in [1.807, 2.05) is 20.8 Å². The molecule has 0 aliphatic heterocycles. The van der Waals surface area contributed by atoms with Crippen molar-refractivity contribution in [1.29, 1.82) is 0 Å². The summed E-state index contributed by atoms with van der Waals surface area (Å²) in [6.45, 7) is 13.8. The molecule has 1 aromatic carbocycles. The highest BCUT2D eigenvalue weighted by atomic mass is 32.2. The van der Waals surface area contributed by atoms with Crippen molar-refractivity contribution in [2.24, 2.45) is 0 Å². The van der Waals surface area contributed by atoms with Crippen LogP contribution < -0.4 is 0 Å². The molecule has 0 saturated heterocycles. The summed E-state index contributed by atoms with van der Waals surface area (Å²) in [6, 6.07) is 4.54. The van der Waals surface area contributed by atoms with E-state index in [0.29, 0.717) is 11.8 Å². The van der Waals surface area contributed by atoms with Crippen LogP contribution in [0.3, 0.4) is 0 Å². The Balaban J connectivity index is 2.52. The normalized spacial score (nSPS) is 16.9. The number of thioether (sulfide) groups is 1. The number of nitrogens with zero attached hydrogens (tertiary/aromatic N) is 2. The molecule has 5 nitrogen and oxygen atoms in total. The van der Waals surface area contributed by atoms with Gasteiger partial charge in [0.25, 0.3) is 5.69 Å². The van der Waals surface area contributed by atoms with Crippen molar-refractivity contribution in [2.75, 3.05) is 6.54 Å². The molecule has 0 bridgehead atoms. The van der Waals surface area contributed by atoms with Gasteiger partial charge in [0, 0.05) is 28.8 Å². The highest BCUT2D eigenvalue weighted by Gasteiger charge is 2.33. The SMILES string of the molecule is C=CCN([C@@H](C=C)c1cc([N+](=O)[O-])ccc1SC1CC1)S(=O)C(C)(C)C. The lowest BCUT2D eigenvalue weighted by Gasteiger charge is -2.33. The van der Waals surface area contributed by atoms with Gasteiger partial charge in [0.1, 0.15) is 11.0 Å². The van der Waals surface area contributed by atoms with Crippen LogP contribution in [0.25, 0.3) is 0 Å². The molecule has 1 aliphatic rings. The minimum atomic E-state index is -1.32. The average Bonchev–Trinajstić information content (AvgIpc) is 3.38. The summed E-state index contributed by atoms with van der Waals surface area (Å²) in [6.07, 6.45) is 5.72. The third-order valence-corrected chi connectivity index (χ3v) is 7.20. The van der Waals surface area contributed by atoms with Crippen molar-refractivity contribution in [3.05, 3.63) is 59.2 Å². The summed E-state index contributed by atoms with van der Waals surface area (Å²) >= 11 is 1.73. The molecule has 0 radical (unpaired) electrons. The first-order valence-electron chi connectivity index (χ1n) is 8.56. The zero-order chi connectivity index (χ0) is 19.5. The van der Waals surface area contributed by atoms with Crippen molar-refractivity contribution in [3.63, 3.8) is 0 Å². The summed E-state index contributed by atoms with van der Waals surface area (Å²) in [7, 11) is -1.32. The van der Waals surface area contributed by atoms with Crippen molar-refractivity contribution in [3.8, 4) is 0 Å². The van der Waals surface area contributed by atoms with Gasteiger partial charge in [-0.2, -0.15) is 0 Å². The van der Waals surface area contributed by atoms with Crippen LogP contribution in [-0.2, 0) is 11.0 Å². The Bertz CT molecular complexity index is 724. The molecule has 1 aliphatic carbocycles. The minimum absolute atomic E-state index is 0.0343. The lowest BCUT2D eigenvalue weighted by Crippen LogP contribution is -2.39. The fourth-order valence-electron chi connectivity index (χ4n) is 2.52. The fourth-order valence-corrected chi connectivity index (χ4v) is 5.06. The van der Waals surface area contributed by atoms with E-state index in [4.69, 9.17) is 0 Å². The lowest BCUT2D eigenvalue weighted by molar-refractivity contribution is -0.385. The number of hydrogen-bond donors (Lipinski definition) is 0. The van der Waals surface area contributed by atoms with E-state index in [0.717, 1.165) is 23.3 Å². The van der Waals surface area contributed by atoms with Gasteiger partial charge in [-0.3, -0.25) is 10.1 Å². The van der Waals surface area contributed by atoms with Crippen LogP contribution in [0.1, 0.15) is 45.2 Å². The van der Waals surface area contributed by atoms with Crippen molar-refractivity contribution in [1.82, 2.24) is 4.31 Å². The predicted octanol–water partition coefficient (Wildman–Crippen LogP) is 5.03. The maximum atomic E-state index is 13.1. The van der Waals surface area contributed by atoms with Crippen LogP contribution in [0, 0.1) is 10.1 Å². The van der Waals surface area contributed by atoms with Crippen LogP contribution in [0.5, 0.6) is 0 Å². The monoisotopic (exact) mass is 394 g/mol.